The van der Waals surface area contributed by atoms with Crippen LogP contribution < -0.4 is 5.73 Å². The van der Waals surface area contributed by atoms with E-state index in [0.29, 0.717) is 11.5 Å². The predicted octanol–water partition coefficient (Wildman–Crippen LogP) is 1.54. The van der Waals surface area contributed by atoms with Crippen LogP contribution in [0, 0.1) is 5.41 Å². The molecule has 2 nitrogen and oxygen atoms in total. The van der Waals surface area contributed by atoms with Gasteiger partial charge in [0, 0.05) is 6.61 Å². The largest absolute Gasteiger partial charge is 0.378 e. The van der Waals surface area contributed by atoms with Crippen LogP contribution in [0.3, 0.4) is 0 Å². The molecule has 0 amide bonds. The second-order valence-corrected chi connectivity index (χ2v) is 3.50. The van der Waals surface area contributed by atoms with Gasteiger partial charge in [-0.2, -0.15) is 0 Å². The SMILES string of the molecule is CCOC(C)C1(CCN)CC1. The summed E-state index contributed by atoms with van der Waals surface area (Å²) in [5.41, 5.74) is 6.00. The standard InChI is InChI=1S/C9H19NO/c1-3-11-8(2)9(4-5-9)6-7-10/h8H,3-7,10H2,1-2H3. The Morgan fingerprint density at radius 1 is 1.55 bits per heavy atom. The summed E-state index contributed by atoms with van der Waals surface area (Å²) >= 11 is 0. The van der Waals surface area contributed by atoms with E-state index < -0.39 is 0 Å². The van der Waals surface area contributed by atoms with Gasteiger partial charge in [0.05, 0.1) is 6.10 Å². The van der Waals surface area contributed by atoms with Crippen LogP contribution in [-0.4, -0.2) is 19.3 Å². The lowest BCUT2D eigenvalue weighted by Gasteiger charge is -2.22. The van der Waals surface area contributed by atoms with Crippen LogP contribution >= 0.6 is 0 Å². The molecule has 1 aliphatic carbocycles. The topological polar surface area (TPSA) is 35.2 Å². The van der Waals surface area contributed by atoms with Crippen molar-refractivity contribution in [3.8, 4) is 0 Å². The van der Waals surface area contributed by atoms with Gasteiger partial charge >= 0.3 is 0 Å². The summed E-state index contributed by atoms with van der Waals surface area (Å²) in [5.74, 6) is 0. The summed E-state index contributed by atoms with van der Waals surface area (Å²) in [7, 11) is 0. The highest BCUT2D eigenvalue weighted by atomic mass is 16.5. The van der Waals surface area contributed by atoms with E-state index in [-0.39, 0.29) is 0 Å². The second kappa shape index (κ2) is 3.55. The van der Waals surface area contributed by atoms with Crippen LogP contribution in [0.2, 0.25) is 0 Å². The van der Waals surface area contributed by atoms with Gasteiger partial charge in [0.1, 0.15) is 0 Å². The predicted molar refractivity (Wildman–Crippen MR) is 46.4 cm³/mol. The fourth-order valence-corrected chi connectivity index (χ4v) is 1.73. The molecule has 2 N–H and O–H groups in total. The van der Waals surface area contributed by atoms with Crippen molar-refractivity contribution in [1.82, 2.24) is 0 Å². The monoisotopic (exact) mass is 157 g/mol. The Labute approximate surface area is 69.1 Å². The average molecular weight is 157 g/mol. The lowest BCUT2D eigenvalue weighted by molar-refractivity contribution is 0.0199. The van der Waals surface area contributed by atoms with E-state index in [1.807, 2.05) is 0 Å². The first-order chi connectivity index (χ1) is 5.25. The summed E-state index contributed by atoms with van der Waals surface area (Å²) < 4.78 is 5.57. The third kappa shape index (κ3) is 1.94. The molecule has 1 unspecified atom stereocenters. The lowest BCUT2D eigenvalue weighted by atomic mass is 9.96. The molecular formula is C9H19NO. The van der Waals surface area contributed by atoms with Crippen molar-refractivity contribution in [2.24, 2.45) is 11.1 Å². The maximum atomic E-state index is 5.57. The normalized spacial score (nSPS) is 23.2. The highest BCUT2D eigenvalue weighted by molar-refractivity contribution is 4.97. The minimum absolute atomic E-state index is 0.413. The minimum atomic E-state index is 0.413. The van der Waals surface area contributed by atoms with Gasteiger partial charge in [0.15, 0.2) is 0 Å². The molecule has 2 heteroatoms. The Bertz CT molecular complexity index is 121. The van der Waals surface area contributed by atoms with Gasteiger partial charge in [-0.15, -0.1) is 0 Å². The molecule has 1 atom stereocenters. The molecule has 66 valence electrons. The average Bonchev–Trinajstić information content (AvgIpc) is 2.71. The maximum absolute atomic E-state index is 5.57. The van der Waals surface area contributed by atoms with Crippen molar-refractivity contribution in [1.29, 1.82) is 0 Å². The van der Waals surface area contributed by atoms with Gasteiger partial charge in [-0.25, -0.2) is 0 Å². The summed E-state index contributed by atoms with van der Waals surface area (Å²) in [6.07, 6.45) is 4.17. The fourth-order valence-electron chi connectivity index (χ4n) is 1.73. The van der Waals surface area contributed by atoms with Gasteiger partial charge in [-0.1, -0.05) is 0 Å². The van der Waals surface area contributed by atoms with E-state index in [1.165, 1.54) is 12.8 Å². The van der Waals surface area contributed by atoms with E-state index in [1.54, 1.807) is 0 Å². The van der Waals surface area contributed by atoms with Crippen molar-refractivity contribution in [3.63, 3.8) is 0 Å². The highest BCUT2D eigenvalue weighted by Crippen LogP contribution is 2.52. The number of rotatable bonds is 5. The number of hydrogen-bond donors (Lipinski definition) is 1. The molecule has 0 saturated heterocycles. The van der Waals surface area contributed by atoms with Gasteiger partial charge < -0.3 is 10.5 Å². The Morgan fingerprint density at radius 2 is 2.18 bits per heavy atom. The van der Waals surface area contributed by atoms with Crippen molar-refractivity contribution in [2.45, 2.75) is 39.2 Å². The van der Waals surface area contributed by atoms with E-state index in [4.69, 9.17) is 10.5 Å². The zero-order valence-corrected chi connectivity index (χ0v) is 7.60. The van der Waals surface area contributed by atoms with Crippen LogP contribution in [0.4, 0.5) is 0 Å². The zero-order chi connectivity index (χ0) is 8.32. The van der Waals surface area contributed by atoms with Crippen LogP contribution in [0.15, 0.2) is 0 Å². The molecule has 0 heterocycles. The minimum Gasteiger partial charge on any atom is -0.378 e. The molecule has 0 spiro atoms. The van der Waals surface area contributed by atoms with Crippen molar-refractivity contribution < 1.29 is 4.74 Å². The molecule has 0 aromatic heterocycles. The molecule has 0 aromatic carbocycles. The van der Waals surface area contributed by atoms with E-state index >= 15 is 0 Å². The smallest absolute Gasteiger partial charge is 0.0603 e. The quantitative estimate of drug-likeness (QED) is 0.657. The van der Waals surface area contributed by atoms with Crippen LogP contribution in [0.5, 0.6) is 0 Å². The fraction of sp³-hybridized carbons (Fsp3) is 1.00. The zero-order valence-electron chi connectivity index (χ0n) is 7.60. The Kier molecular flexibility index (Phi) is 2.90. The second-order valence-electron chi connectivity index (χ2n) is 3.50. The molecule has 11 heavy (non-hydrogen) atoms. The number of ether oxygens (including phenoxy) is 1. The number of nitrogens with two attached hydrogens (primary N) is 1. The van der Waals surface area contributed by atoms with Crippen LogP contribution in [0.25, 0.3) is 0 Å². The Morgan fingerprint density at radius 3 is 2.55 bits per heavy atom. The van der Waals surface area contributed by atoms with Crippen molar-refractivity contribution in [2.75, 3.05) is 13.2 Å². The maximum Gasteiger partial charge on any atom is 0.0603 e. The first-order valence-corrected chi connectivity index (χ1v) is 4.57. The van der Waals surface area contributed by atoms with Crippen molar-refractivity contribution in [3.05, 3.63) is 0 Å². The summed E-state index contributed by atoms with van der Waals surface area (Å²) in [4.78, 5) is 0. The van der Waals surface area contributed by atoms with Crippen molar-refractivity contribution >= 4 is 0 Å². The molecule has 1 rings (SSSR count). The first kappa shape index (κ1) is 9.01. The first-order valence-electron chi connectivity index (χ1n) is 4.57. The van der Waals surface area contributed by atoms with Gasteiger partial charge in [0.2, 0.25) is 0 Å². The van der Waals surface area contributed by atoms with Gasteiger partial charge in [-0.3, -0.25) is 0 Å². The lowest BCUT2D eigenvalue weighted by Crippen LogP contribution is -2.24. The molecule has 1 fully saturated rings. The van der Waals surface area contributed by atoms with Gasteiger partial charge in [0.25, 0.3) is 0 Å². The van der Waals surface area contributed by atoms with E-state index in [0.717, 1.165) is 19.6 Å². The molecule has 0 aromatic rings. The highest BCUT2D eigenvalue weighted by Gasteiger charge is 2.46. The molecule has 0 aliphatic heterocycles. The van der Waals surface area contributed by atoms with E-state index in [9.17, 15) is 0 Å². The third-order valence-electron chi connectivity index (χ3n) is 2.81. The Hall–Kier alpha value is -0.0800. The third-order valence-corrected chi connectivity index (χ3v) is 2.81. The molecule has 0 bridgehead atoms. The Balaban J connectivity index is 2.31. The van der Waals surface area contributed by atoms with E-state index in [2.05, 4.69) is 13.8 Å². The molecule has 0 radical (unpaired) electrons. The number of hydrogen-bond acceptors (Lipinski definition) is 2. The van der Waals surface area contributed by atoms with Crippen LogP contribution in [-0.2, 0) is 4.74 Å². The molecule has 1 saturated carbocycles. The summed E-state index contributed by atoms with van der Waals surface area (Å²) in [5, 5.41) is 0. The molecule has 1 aliphatic rings. The summed E-state index contributed by atoms with van der Waals surface area (Å²) in [6, 6.07) is 0. The van der Waals surface area contributed by atoms with Gasteiger partial charge in [-0.05, 0) is 45.1 Å². The van der Waals surface area contributed by atoms with Crippen LogP contribution in [0.1, 0.15) is 33.1 Å². The summed E-state index contributed by atoms with van der Waals surface area (Å²) in [6.45, 7) is 5.85. The molecular weight excluding hydrogens is 138 g/mol.